The van der Waals surface area contributed by atoms with E-state index in [-0.39, 0.29) is 18.2 Å². The molecular weight excluding hydrogens is 378 g/mol. The van der Waals surface area contributed by atoms with E-state index in [1.807, 2.05) is 14.1 Å². The summed E-state index contributed by atoms with van der Waals surface area (Å²) in [5.74, 6) is 1.92. The van der Waals surface area contributed by atoms with Crippen molar-refractivity contribution >= 4 is 18.2 Å². The number of benzene rings is 1. The molecule has 0 atom stereocenters. The molecule has 29 heavy (non-hydrogen) atoms. The van der Waals surface area contributed by atoms with Crippen LogP contribution in [-0.2, 0) is 0 Å². The Morgan fingerprint density at radius 1 is 0.897 bits per heavy atom. The van der Waals surface area contributed by atoms with Crippen molar-refractivity contribution < 1.29 is 4.79 Å². The van der Waals surface area contributed by atoms with E-state index in [9.17, 15) is 4.79 Å². The number of nitrogens with zero attached hydrogens (tertiary/aromatic N) is 1. The summed E-state index contributed by atoms with van der Waals surface area (Å²) >= 11 is 0. The average Bonchev–Trinajstić information content (AvgIpc) is 2.72. The van der Waals surface area contributed by atoms with Crippen molar-refractivity contribution in [2.24, 2.45) is 5.92 Å². The molecule has 0 N–H and O–H groups in total. The molecule has 0 unspecified atom stereocenters. The Morgan fingerprint density at radius 2 is 1.48 bits per heavy atom. The predicted octanol–water partition coefficient (Wildman–Crippen LogP) is 7.66. The monoisotopic (exact) mass is 421 g/mol. The van der Waals surface area contributed by atoms with Crippen molar-refractivity contribution in [2.75, 3.05) is 20.6 Å². The first-order valence-corrected chi connectivity index (χ1v) is 11.9. The van der Waals surface area contributed by atoms with Gasteiger partial charge in [-0.3, -0.25) is 4.79 Å². The Bertz CT molecular complexity index is 546. The van der Waals surface area contributed by atoms with E-state index in [0.717, 1.165) is 18.0 Å². The average molecular weight is 422 g/mol. The highest BCUT2D eigenvalue weighted by Gasteiger charge is 2.22. The largest absolute Gasteiger partial charge is 0.309 e. The van der Waals surface area contributed by atoms with Crippen LogP contribution < -0.4 is 0 Å². The number of rotatable bonds is 13. The molecule has 1 aliphatic rings. The third-order valence-electron chi connectivity index (χ3n) is 6.55. The van der Waals surface area contributed by atoms with Gasteiger partial charge in [0.05, 0.1) is 0 Å². The van der Waals surface area contributed by atoms with Crippen LogP contribution in [0.5, 0.6) is 0 Å². The summed E-state index contributed by atoms with van der Waals surface area (Å²) in [5, 5.41) is 0. The van der Waals surface area contributed by atoms with Crippen molar-refractivity contribution in [3.05, 3.63) is 35.4 Å². The van der Waals surface area contributed by atoms with Gasteiger partial charge in [0.2, 0.25) is 0 Å². The molecule has 166 valence electrons. The molecule has 0 amide bonds. The van der Waals surface area contributed by atoms with Gasteiger partial charge in [-0.1, -0.05) is 82.6 Å². The van der Waals surface area contributed by atoms with Crippen molar-refractivity contribution in [2.45, 2.75) is 96.3 Å². The predicted molar refractivity (Wildman–Crippen MR) is 129 cm³/mol. The maximum Gasteiger partial charge on any atom is 0.164 e. The molecule has 0 aromatic heterocycles. The minimum absolute atomic E-state index is 0. The van der Waals surface area contributed by atoms with E-state index in [2.05, 4.69) is 36.1 Å². The fourth-order valence-corrected chi connectivity index (χ4v) is 4.59. The molecule has 0 bridgehead atoms. The number of hydrogen-bond donors (Lipinski definition) is 0. The maximum absolute atomic E-state index is 12.3. The summed E-state index contributed by atoms with van der Waals surface area (Å²) in [6, 6.07) is 8.53. The SMILES string of the molecule is CCCCCCCCCC1CCC(c2ccc(C(=O)CCN(C)C)cc2)CC1.Cl. The normalized spacial score (nSPS) is 19.2. The van der Waals surface area contributed by atoms with Gasteiger partial charge >= 0.3 is 0 Å². The van der Waals surface area contributed by atoms with Gasteiger partial charge in [-0.2, -0.15) is 0 Å². The second-order valence-corrected chi connectivity index (χ2v) is 9.23. The Labute approximate surface area is 186 Å². The second kappa shape index (κ2) is 15.0. The summed E-state index contributed by atoms with van der Waals surface area (Å²) in [5.41, 5.74) is 2.32. The van der Waals surface area contributed by atoms with Crippen LogP contribution in [0, 0.1) is 5.92 Å². The van der Waals surface area contributed by atoms with Crippen LogP contribution in [0.3, 0.4) is 0 Å². The minimum Gasteiger partial charge on any atom is -0.309 e. The van der Waals surface area contributed by atoms with Gasteiger partial charge in [0.25, 0.3) is 0 Å². The zero-order valence-electron chi connectivity index (χ0n) is 19.1. The summed E-state index contributed by atoms with van der Waals surface area (Å²) in [4.78, 5) is 14.3. The van der Waals surface area contributed by atoms with E-state index in [4.69, 9.17) is 0 Å². The van der Waals surface area contributed by atoms with Crippen LogP contribution in [-0.4, -0.2) is 31.3 Å². The van der Waals surface area contributed by atoms with E-state index in [0.29, 0.717) is 12.3 Å². The highest BCUT2D eigenvalue weighted by atomic mass is 35.5. The van der Waals surface area contributed by atoms with Gasteiger partial charge in [-0.05, 0) is 57.2 Å². The van der Waals surface area contributed by atoms with E-state index in [1.54, 1.807) is 0 Å². The number of hydrogen-bond acceptors (Lipinski definition) is 2. The third kappa shape index (κ3) is 10.1. The van der Waals surface area contributed by atoms with E-state index < -0.39 is 0 Å². The van der Waals surface area contributed by atoms with Gasteiger partial charge in [0, 0.05) is 18.5 Å². The molecule has 1 fully saturated rings. The van der Waals surface area contributed by atoms with Crippen LogP contribution in [0.4, 0.5) is 0 Å². The zero-order chi connectivity index (χ0) is 20.2. The molecule has 1 aromatic carbocycles. The minimum atomic E-state index is 0. The molecule has 0 saturated heterocycles. The van der Waals surface area contributed by atoms with Crippen molar-refractivity contribution in [3.63, 3.8) is 0 Å². The molecule has 2 rings (SSSR count). The maximum atomic E-state index is 12.3. The van der Waals surface area contributed by atoms with Crippen molar-refractivity contribution in [1.29, 1.82) is 0 Å². The van der Waals surface area contributed by atoms with Gasteiger partial charge in [-0.15, -0.1) is 12.4 Å². The quantitative estimate of drug-likeness (QED) is 0.240. The van der Waals surface area contributed by atoms with Crippen molar-refractivity contribution in [3.8, 4) is 0 Å². The lowest BCUT2D eigenvalue weighted by Crippen LogP contribution is -2.17. The summed E-state index contributed by atoms with van der Waals surface area (Å²) < 4.78 is 0. The van der Waals surface area contributed by atoms with E-state index >= 15 is 0 Å². The fourth-order valence-electron chi connectivity index (χ4n) is 4.59. The number of halogens is 1. The first-order chi connectivity index (χ1) is 13.6. The fraction of sp³-hybridized carbons (Fsp3) is 0.731. The number of unbranched alkanes of at least 4 members (excludes halogenated alkanes) is 6. The summed E-state index contributed by atoms with van der Waals surface area (Å²) in [6.45, 7) is 3.11. The Morgan fingerprint density at radius 3 is 2.07 bits per heavy atom. The number of ketones is 1. The van der Waals surface area contributed by atoms with Gasteiger partial charge in [-0.25, -0.2) is 0 Å². The second-order valence-electron chi connectivity index (χ2n) is 9.23. The van der Waals surface area contributed by atoms with Crippen LogP contribution >= 0.6 is 12.4 Å². The summed E-state index contributed by atoms with van der Waals surface area (Å²) in [7, 11) is 4.03. The smallest absolute Gasteiger partial charge is 0.164 e. The van der Waals surface area contributed by atoms with Gasteiger partial charge in [0.1, 0.15) is 0 Å². The molecular formula is C26H44ClNO. The lowest BCUT2D eigenvalue weighted by atomic mass is 9.77. The summed E-state index contributed by atoms with van der Waals surface area (Å²) in [6.07, 6.45) is 17.4. The lowest BCUT2D eigenvalue weighted by molar-refractivity contribution is 0.0972. The standard InChI is InChI=1S/C26H43NO.ClH/c1-4-5-6-7-8-9-10-11-22-12-14-23(15-13-22)24-16-18-25(19-17-24)26(28)20-21-27(2)3;/h16-19,22-23H,4-15,20-21H2,1-3H3;1H. The van der Waals surface area contributed by atoms with Crippen LogP contribution in [0.2, 0.25) is 0 Å². The number of Topliss-reactive ketones (excluding diaryl/α,β-unsaturated/α-hetero) is 1. The van der Waals surface area contributed by atoms with E-state index in [1.165, 1.54) is 82.6 Å². The number of carbonyl (C=O) groups excluding carboxylic acids is 1. The van der Waals surface area contributed by atoms with Crippen molar-refractivity contribution in [1.82, 2.24) is 4.90 Å². The molecule has 1 saturated carbocycles. The van der Waals surface area contributed by atoms with Crippen LogP contribution in [0.1, 0.15) is 112 Å². The first-order valence-electron chi connectivity index (χ1n) is 11.9. The third-order valence-corrected chi connectivity index (χ3v) is 6.55. The highest BCUT2D eigenvalue weighted by molar-refractivity contribution is 5.96. The molecule has 0 radical (unpaired) electrons. The Kier molecular flexibility index (Phi) is 13.6. The first kappa shape index (κ1) is 26.2. The molecule has 0 aliphatic heterocycles. The zero-order valence-corrected chi connectivity index (χ0v) is 19.9. The molecule has 0 heterocycles. The molecule has 2 nitrogen and oxygen atoms in total. The molecule has 1 aromatic rings. The van der Waals surface area contributed by atoms with Gasteiger partial charge < -0.3 is 4.90 Å². The topological polar surface area (TPSA) is 20.3 Å². The lowest BCUT2D eigenvalue weighted by Gasteiger charge is -2.29. The molecule has 3 heteroatoms. The molecule has 1 aliphatic carbocycles. The Hall–Kier alpha value is -0.860. The molecule has 0 spiro atoms. The highest BCUT2D eigenvalue weighted by Crippen LogP contribution is 2.37. The van der Waals surface area contributed by atoms with Crippen LogP contribution in [0.15, 0.2) is 24.3 Å². The van der Waals surface area contributed by atoms with Crippen LogP contribution in [0.25, 0.3) is 0 Å². The van der Waals surface area contributed by atoms with Gasteiger partial charge in [0.15, 0.2) is 5.78 Å². The Balaban J connectivity index is 0.00000420. The number of carbonyl (C=O) groups is 1.